The first kappa shape index (κ1) is 12.2. The first-order valence-corrected chi connectivity index (χ1v) is 8.71. The summed E-state index contributed by atoms with van der Waals surface area (Å²) in [5, 5.41) is 0. The van der Waals surface area contributed by atoms with Gasteiger partial charge in [-0.25, -0.2) is 0 Å². The van der Waals surface area contributed by atoms with Crippen LogP contribution in [-0.2, 0) is 0 Å². The van der Waals surface area contributed by atoms with Crippen LogP contribution in [0.3, 0.4) is 0 Å². The van der Waals surface area contributed by atoms with E-state index in [0.717, 1.165) is 16.4 Å². The molecule has 0 amide bonds. The second kappa shape index (κ2) is 6.44. The second-order valence-electron chi connectivity index (χ2n) is 5.10. The fourth-order valence-electron chi connectivity index (χ4n) is 2.86. The Morgan fingerprint density at radius 2 is 1.47 bits per heavy atom. The highest BCUT2D eigenvalue weighted by Gasteiger charge is 2.29. The fourth-order valence-corrected chi connectivity index (χ4v) is 6.39. The zero-order chi connectivity index (χ0) is 10.5. The molecule has 0 aromatic rings. The van der Waals surface area contributed by atoms with E-state index in [9.17, 15) is 0 Å². The maximum absolute atomic E-state index is 2.51. The molecule has 1 saturated carbocycles. The molecule has 1 aliphatic heterocycles. The van der Waals surface area contributed by atoms with Crippen molar-refractivity contribution in [2.24, 2.45) is 11.8 Å². The Hall–Kier alpha value is 0.700. The molecule has 0 radical (unpaired) electrons. The van der Waals surface area contributed by atoms with E-state index in [-0.39, 0.29) is 0 Å². The van der Waals surface area contributed by atoms with E-state index in [0.29, 0.717) is 0 Å². The van der Waals surface area contributed by atoms with E-state index in [2.05, 4.69) is 30.4 Å². The smallest absolute Gasteiger partial charge is 0.0533 e. The monoisotopic (exact) mass is 244 g/mol. The Kier molecular flexibility index (Phi) is 5.22. The van der Waals surface area contributed by atoms with E-state index >= 15 is 0 Å². The summed E-state index contributed by atoms with van der Waals surface area (Å²) in [6, 6.07) is 0. The van der Waals surface area contributed by atoms with Gasteiger partial charge in [-0.05, 0) is 36.2 Å². The summed E-state index contributed by atoms with van der Waals surface area (Å²) in [7, 11) is 0. The average Bonchev–Trinajstić information content (AvgIpc) is 2.25. The highest BCUT2D eigenvalue weighted by Crippen LogP contribution is 2.43. The van der Waals surface area contributed by atoms with Gasteiger partial charge in [-0.1, -0.05) is 39.0 Å². The van der Waals surface area contributed by atoms with Gasteiger partial charge in [0, 0.05) is 0 Å². The van der Waals surface area contributed by atoms with Crippen molar-refractivity contribution in [2.45, 2.75) is 56.5 Å². The number of rotatable bonds is 1. The van der Waals surface area contributed by atoms with Crippen molar-refractivity contribution in [1.29, 1.82) is 0 Å². The van der Waals surface area contributed by atoms with Crippen molar-refractivity contribution >= 4 is 23.5 Å². The lowest BCUT2D eigenvalue weighted by atomic mass is 9.84. The molecular formula is C13H24S2. The molecule has 2 aliphatic rings. The van der Waals surface area contributed by atoms with Gasteiger partial charge in [0.25, 0.3) is 0 Å². The zero-order valence-corrected chi connectivity index (χ0v) is 11.5. The summed E-state index contributed by atoms with van der Waals surface area (Å²) in [4.78, 5) is 0. The lowest BCUT2D eigenvalue weighted by Gasteiger charge is -2.34. The molecule has 15 heavy (non-hydrogen) atoms. The molecule has 0 aromatic heterocycles. The van der Waals surface area contributed by atoms with Gasteiger partial charge in [0.1, 0.15) is 0 Å². The molecule has 2 heteroatoms. The zero-order valence-electron chi connectivity index (χ0n) is 9.91. The van der Waals surface area contributed by atoms with Crippen molar-refractivity contribution in [3.8, 4) is 0 Å². The highest BCUT2D eigenvalue weighted by molar-refractivity contribution is 8.17. The van der Waals surface area contributed by atoms with Crippen LogP contribution in [-0.4, -0.2) is 16.1 Å². The SMILES string of the molecule is CC1CCCCCCC1C1SCCCS1. The molecule has 2 rings (SSSR count). The first-order valence-electron chi connectivity index (χ1n) is 6.61. The van der Waals surface area contributed by atoms with Gasteiger partial charge in [0.15, 0.2) is 0 Å². The summed E-state index contributed by atoms with van der Waals surface area (Å²) >= 11 is 4.50. The van der Waals surface area contributed by atoms with Crippen LogP contribution in [0, 0.1) is 11.8 Å². The topological polar surface area (TPSA) is 0 Å². The summed E-state index contributed by atoms with van der Waals surface area (Å²) < 4.78 is 0.937. The lowest BCUT2D eigenvalue weighted by Crippen LogP contribution is -2.25. The molecule has 2 unspecified atom stereocenters. The third-order valence-electron chi connectivity index (χ3n) is 3.88. The van der Waals surface area contributed by atoms with Crippen LogP contribution < -0.4 is 0 Å². The van der Waals surface area contributed by atoms with E-state index in [4.69, 9.17) is 0 Å². The summed E-state index contributed by atoms with van der Waals surface area (Å²) in [6.45, 7) is 2.51. The Morgan fingerprint density at radius 3 is 2.20 bits per heavy atom. The minimum absolute atomic E-state index is 0.937. The van der Waals surface area contributed by atoms with Gasteiger partial charge in [0.2, 0.25) is 0 Å². The maximum atomic E-state index is 2.51. The third-order valence-corrected chi connectivity index (χ3v) is 7.10. The second-order valence-corrected chi connectivity index (χ2v) is 7.89. The van der Waals surface area contributed by atoms with E-state index < -0.39 is 0 Å². The number of thioether (sulfide) groups is 2. The summed E-state index contributed by atoms with van der Waals surface area (Å²) in [5.41, 5.74) is 0. The normalized spacial score (nSPS) is 35.8. The Labute approximate surface area is 103 Å². The molecule has 2 atom stereocenters. The van der Waals surface area contributed by atoms with Crippen molar-refractivity contribution in [1.82, 2.24) is 0 Å². The van der Waals surface area contributed by atoms with Crippen molar-refractivity contribution in [3.63, 3.8) is 0 Å². The largest absolute Gasteiger partial charge is 0.147 e. The molecule has 0 N–H and O–H groups in total. The van der Waals surface area contributed by atoms with Crippen molar-refractivity contribution in [3.05, 3.63) is 0 Å². The summed E-state index contributed by atoms with van der Waals surface area (Å²) in [6.07, 6.45) is 10.4. The number of hydrogen-bond donors (Lipinski definition) is 0. The molecule has 0 aromatic carbocycles. The third kappa shape index (κ3) is 3.59. The van der Waals surface area contributed by atoms with E-state index in [1.54, 1.807) is 0 Å². The first-order chi connectivity index (χ1) is 7.38. The predicted octanol–water partition coefficient (Wildman–Crippen LogP) is 4.79. The van der Waals surface area contributed by atoms with Crippen LogP contribution >= 0.6 is 23.5 Å². The van der Waals surface area contributed by atoms with E-state index in [1.165, 1.54) is 56.5 Å². The molecule has 88 valence electrons. The quantitative estimate of drug-likeness (QED) is 0.650. The van der Waals surface area contributed by atoms with Crippen molar-refractivity contribution in [2.75, 3.05) is 11.5 Å². The van der Waals surface area contributed by atoms with Gasteiger partial charge < -0.3 is 0 Å². The van der Waals surface area contributed by atoms with Crippen LogP contribution in [0.4, 0.5) is 0 Å². The van der Waals surface area contributed by atoms with Crippen LogP contribution in [0.25, 0.3) is 0 Å². The standard InChI is InChI=1S/C13H24S2/c1-11-7-4-2-3-5-8-12(11)13-14-9-6-10-15-13/h11-13H,2-10H2,1H3. The van der Waals surface area contributed by atoms with Gasteiger partial charge in [-0.15, -0.1) is 23.5 Å². The van der Waals surface area contributed by atoms with Gasteiger partial charge in [-0.2, -0.15) is 0 Å². The molecule has 1 heterocycles. The maximum Gasteiger partial charge on any atom is 0.0533 e. The fraction of sp³-hybridized carbons (Fsp3) is 1.00. The molecule has 0 spiro atoms. The Morgan fingerprint density at radius 1 is 0.800 bits per heavy atom. The molecule has 0 bridgehead atoms. The molecule has 1 saturated heterocycles. The van der Waals surface area contributed by atoms with E-state index in [1.807, 2.05) is 0 Å². The van der Waals surface area contributed by atoms with Gasteiger partial charge in [0.05, 0.1) is 4.58 Å². The average molecular weight is 244 g/mol. The minimum Gasteiger partial charge on any atom is -0.147 e. The molecular weight excluding hydrogens is 220 g/mol. The Balaban J connectivity index is 1.90. The van der Waals surface area contributed by atoms with Gasteiger partial charge >= 0.3 is 0 Å². The van der Waals surface area contributed by atoms with Gasteiger partial charge in [-0.3, -0.25) is 0 Å². The highest BCUT2D eigenvalue weighted by atomic mass is 32.2. The van der Waals surface area contributed by atoms with Crippen LogP contribution in [0.5, 0.6) is 0 Å². The van der Waals surface area contributed by atoms with Crippen LogP contribution in [0.15, 0.2) is 0 Å². The van der Waals surface area contributed by atoms with Crippen LogP contribution in [0.1, 0.15) is 51.9 Å². The lowest BCUT2D eigenvalue weighted by molar-refractivity contribution is 0.298. The van der Waals surface area contributed by atoms with Crippen LogP contribution in [0.2, 0.25) is 0 Å². The van der Waals surface area contributed by atoms with Crippen molar-refractivity contribution < 1.29 is 0 Å². The predicted molar refractivity (Wildman–Crippen MR) is 73.7 cm³/mol. The Bertz CT molecular complexity index is 175. The molecule has 0 nitrogen and oxygen atoms in total. The minimum atomic E-state index is 0.937. The number of hydrogen-bond acceptors (Lipinski definition) is 2. The molecule has 1 aliphatic carbocycles. The molecule has 2 fully saturated rings. The summed E-state index contributed by atoms with van der Waals surface area (Å²) in [5.74, 6) is 4.83.